The SMILES string of the molecule is CNc1cc(NC(C)(C)CC(N)=O)nc(C(C)C)n1. The summed E-state index contributed by atoms with van der Waals surface area (Å²) in [5.74, 6) is 2.08. The average molecular weight is 265 g/mol. The van der Waals surface area contributed by atoms with E-state index in [4.69, 9.17) is 5.73 Å². The summed E-state index contributed by atoms with van der Waals surface area (Å²) in [6, 6.07) is 1.81. The maximum absolute atomic E-state index is 11.0. The molecule has 0 aromatic carbocycles. The Morgan fingerprint density at radius 2 is 1.95 bits per heavy atom. The van der Waals surface area contributed by atoms with Gasteiger partial charge in [0.05, 0.1) is 0 Å². The van der Waals surface area contributed by atoms with Crippen LogP contribution < -0.4 is 16.4 Å². The molecule has 0 radical (unpaired) electrons. The van der Waals surface area contributed by atoms with Crippen LogP contribution in [0.3, 0.4) is 0 Å². The van der Waals surface area contributed by atoms with Crippen molar-refractivity contribution >= 4 is 17.5 Å². The topological polar surface area (TPSA) is 92.9 Å². The van der Waals surface area contributed by atoms with E-state index >= 15 is 0 Å². The van der Waals surface area contributed by atoms with Gasteiger partial charge < -0.3 is 16.4 Å². The molecule has 0 unspecified atom stereocenters. The molecule has 1 heterocycles. The molecule has 0 aliphatic rings. The number of hydrogen-bond acceptors (Lipinski definition) is 5. The quantitative estimate of drug-likeness (QED) is 0.728. The van der Waals surface area contributed by atoms with E-state index in [2.05, 4.69) is 20.6 Å². The van der Waals surface area contributed by atoms with E-state index in [1.165, 1.54) is 0 Å². The molecule has 0 aliphatic carbocycles. The Labute approximate surface area is 114 Å². The second-order valence-electron chi connectivity index (χ2n) is 5.55. The Morgan fingerprint density at radius 3 is 2.42 bits per heavy atom. The molecule has 1 aromatic rings. The number of nitrogens with zero attached hydrogens (tertiary/aromatic N) is 2. The van der Waals surface area contributed by atoms with Crippen LogP contribution in [0, 0.1) is 0 Å². The van der Waals surface area contributed by atoms with Crippen molar-refractivity contribution in [2.24, 2.45) is 5.73 Å². The van der Waals surface area contributed by atoms with Gasteiger partial charge in [-0.2, -0.15) is 0 Å². The van der Waals surface area contributed by atoms with Crippen LogP contribution in [0.5, 0.6) is 0 Å². The van der Waals surface area contributed by atoms with Gasteiger partial charge in [0.25, 0.3) is 0 Å². The Kier molecular flexibility index (Phi) is 4.69. The number of carbonyl (C=O) groups is 1. The van der Waals surface area contributed by atoms with Crippen molar-refractivity contribution in [1.82, 2.24) is 9.97 Å². The fraction of sp³-hybridized carbons (Fsp3) is 0.615. The average Bonchev–Trinajstić information content (AvgIpc) is 2.25. The van der Waals surface area contributed by atoms with E-state index in [0.29, 0.717) is 5.82 Å². The molecule has 1 amide bonds. The number of hydrogen-bond donors (Lipinski definition) is 3. The summed E-state index contributed by atoms with van der Waals surface area (Å²) in [6.45, 7) is 7.89. The van der Waals surface area contributed by atoms with E-state index in [1.807, 2.05) is 40.8 Å². The number of primary amides is 1. The van der Waals surface area contributed by atoms with Crippen LogP contribution in [-0.2, 0) is 4.79 Å². The number of nitrogens with two attached hydrogens (primary N) is 1. The minimum atomic E-state index is -0.445. The van der Waals surface area contributed by atoms with Gasteiger partial charge in [0, 0.05) is 31.0 Å². The lowest BCUT2D eigenvalue weighted by molar-refractivity contribution is -0.118. The van der Waals surface area contributed by atoms with E-state index in [0.717, 1.165) is 11.6 Å². The van der Waals surface area contributed by atoms with E-state index < -0.39 is 5.54 Å². The highest BCUT2D eigenvalue weighted by atomic mass is 16.1. The Balaban J connectivity index is 3.00. The predicted octanol–water partition coefficient (Wildman–Crippen LogP) is 1.71. The van der Waals surface area contributed by atoms with Gasteiger partial charge in [0.1, 0.15) is 17.5 Å². The standard InChI is InChI=1S/C13H23N5O/c1-8(2)12-16-10(15-5)6-11(17-12)18-13(3,4)7-9(14)19/h6,8H,7H2,1-5H3,(H2,14,19)(H2,15,16,17,18). The van der Waals surface area contributed by atoms with Crippen LogP contribution in [0.25, 0.3) is 0 Å². The van der Waals surface area contributed by atoms with Crippen molar-refractivity contribution < 1.29 is 4.79 Å². The summed E-state index contributed by atoms with van der Waals surface area (Å²) in [4.78, 5) is 19.9. The lowest BCUT2D eigenvalue weighted by atomic mass is 10.0. The second kappa shape index (κ2) is 5.86. The smallest absolute Gasteiger partial charge is 0.219 e. The number of amides is 1. The largest absolute Gasteiger partial charge is 0.373 e. The van der Waals surface area contributed by atoms with Gasteiger partial charge in [-0.3, -0.25) is 4.79 Å². The fourth-order valence-corrected chi connectivity index (χ4v) is 1.74. The van der Waals surface area contributed by atoms with Crippen LogP contribution in [-0.4, -0.2) is 28.5 Å². The first-order valence-electron chi connectivity index (χ1n) is 6.37. The Morgan fingerprint density at radius 1 is 1.37 bits per heavy atom. The molecule has 106 valence electrons. The summed E-state index contributed by atoms with van der Waals surface area (Å²) >= 11 is 0. The van der Waals surface area contributed by atoms with Crippen molar-refractivity contribution in [2.45, 2.75) is 45.6 Å². The molecule has 0 saturated heterocycles. The van der Waals surface area contributed by atoms with Crippen molar-refractivity contribution in [3.63, 3.8) is 0 Å². The predicted molar refractivity (Wildman–Crippen MR) is 77.2 cm³/mol. The van der Waals surface area contributed by atoms with Crippen LogP contribution in [0.15, 0.2) is 6.07 Å². The van der Waals surface area contributed by atoms with Gasteiger partial charge >= 0.3 is 0 Å². The highest BCUT2D eigenvalue weighted by molar-refractivity contribution is 5.75. The van der Waals surface area contributed by atoms with Crippen molar-refractivity contribution in [1.29, 1.82) is 0 Å². The number of carbonyl (C=O) groups excluding carboxylic acids is 1. The first kappa shape index (κ1) is 15.2. The van der Waals surface area contributed by atoms with Gasteiger partial charge in [-0.05, 0) is 13.8 Å². The molecule has 1 rings (SSSR count). The van der Waals surface area contributed by atoms with Gasteiger partial charge in [-0.15, -0.1) is 0 Å². The normalized spacial score (nSPS) is 11.5. The first-order valence-corrected chi connectivity index (χ1v) is 6.37. The minimum absolute atomic E-state index is 0.230. The molecule has 0 spiro atoms. The number of aromatic nitrogens is 2. The number of anilines is 2. The van der Waals surface area contributed by atoms with Crippen molar-refractivity contribution in [3.8, 4) is 0 Å². The molecule has 1 aromatic heterocycles. The van der Waals surface area contributed by atoms with E-state index in [1.54, 1.807) is 0 Å². The van der Waals surface area contributed by atoms with Crippen LogP contribution in [0.4, 0.5) is 11.6 Å². The molecule has 6 nitrogen and oxygen atoms in total. The van der Waals surface area contributed by atoms with E-state index in [9.17, 15) is 4.79 Å². The van der Waals surface area contributed by atoms with Gasteiger partial charge in [-0.25, -0.2) is 9.97 Å². The van der Waals surface area contributed by atoms with Gasteiger partial charge in [-0.1, -0.05) is 13.8 Å². The maximum atomic E-state index is 11.0. The Bertz CT molecular complexity index is 456. The maximum Gasteiger partial charge on any atom is 0.219 e. The van der Waals surface area contributed by atoms with Gasteiger partial charge in [0.15, 0.2) is 0 Å². The van der Waals surface area contributed by atoms with Crippen molar-refractivity contribution in [2.75, 3.05) is 17.7 Å². The van der Waals surface area contributed by atoms with Crippen LogP contribution in [0.1, 0.15) is 45.9 Å². The molecule has 0 fully saturated rings. The zero-order valence-corrected chi connectivity index (χ0v) is 12.2. The summed E-state index contributed by atoms with van der Waals surface area (Å²) in [5.41, 5.74) is 4.80. The molecule has 19 heavy (non-hydrogen) atoms. The third-order valence-corrected chi connectivity index (χ3v) is 2.60. The zero-order valence-electron chi connectivity index (χ0n) is 12.2. The second-order valence-corrected chi connectivity index (χ2v) is 5.55. The highest BCUT2D eigenvalue weighted by Gasteiger charge is 2.21. The molecule has 0 atom stereocenters. The molecular weight excluding hydrogens is 242 g/mol. The number of rotatable bonds is 6. The highest BCUT2D eigenvalue weighted by Crippen LogP contribution is 2.21. The molecule has 0 saturated carbocycles. The molecular formula is C13H23N5O. The third kappa shape index (κ3) is 4.73. The first-order chi connectivity index (χ1) is 8.73. The lowest BCUT2D eigenvalue weighted by Gasteiger charge is -2.26. The summed E-state index contributed by atoms with van der Waals surface area (Å²) in [7, 11) is 1.81. The van der Waals surface area contributed by atoms with Crippen LogP contribution >= 0.6 is 0 Å². The monoisotopic (exact) mass is 265 g/mol. The Hall–Kier alpha value is -1.85. The minimum Gasteiger partial charge on any atom is -0.373 e. The van der Waals surface area contributed by atoms with Crippen molar-refractivity contribution in [3.05, 3.63) is 11.9 Å². The zero-order chi connectivity index (χ0) is 14.6. The van der Waals surface area contributed by atoms with Gasteiger partial charge in [0.2, 0.25) is 5.91 Å². The van der Waals surface area contributed by atoms with E-state index in [-0.39, 0.29) is 18.2 Å². The lowest BCUT2D eigenvalue weighted by Crippen LogP contribution is -2.36. The molecule has 4 N–H and O–H groups in total. The van der Waals surface area contributed by atoms with Crippen LogP contribution in [0.2, 0.25) is 0 Å². The fourth-order valence-electron chi connectivity index (χ4n) is 1.74. The third-order valence-electron chi connectivity index (χ3n) is 2.60. The molecule has 6 heteroatoms. The summed E-state index contributed by atoms with van der Waals surface area (Å²) in [5, 5.41) is 6.23. The molecule has 0 bridgehead atoms. The number of nitrogens with one attached hydrogen (secondary N) is 2. The summed E-state index contributed by atoms with van der Waals surface area (Å²) < 4.78 is 0. The summed E-state index contributed by atoms with van der Waals surface area (Å²) in [6.07, 6.45) is 0.239. The molecule has 0 aliphatic heterocycles.